The number of hydrogen-bond acceptors (Lipinski definition) is 3. The zero-order chi connectivity index (χ0) is 13.2. The van der Waals surface area contributed by atoms with E-state index in [0.29, 0.717) is 13.2 Å². The van der Waals surface area contributed by atoms with Gasteiger partial charge in [0.2, 0.25) is 5.91 Å². The minimum Gasteiger partial charge on any atom is -0.381 e. The van der Waals surface area contributed by atoms with Crippen molar-refractivity contribution >= 4 is 27.5 Å². The van der Waals surface area contributed by atoms with Crippen LogP contribution in [0, 0.1) is 5.92 Å². The quantitative estimate of drug-likeness (QED) is 0.895. The summed E-state index contributed by atoms with van der Waals surface area (Å²) in [5.74, 6) is -0.244. The molecule has 2 atom stereocenters. The number of carbonyl (C=O) groups excluding carboxylic acids is 1. The predicted molar refractivity (Wildman–Crippen MR) is 74.3 cm³/mol. The molecule has 1 amide bonds. The van der Waals surface area contributed by atoms with Gasteiger partial charge in [-0.15, -0.1) is 0 Å². The Morgan fingerprint density at radius 2 is 2.39 bits per heavy atom. The van der Waals surface area contributed by atoms with Gasteiger partial charge in [-0.3, -0.25) is 4.79 Å². The Hall–Kier alpha value is -1.07. The van der Waals surface area contributed by atoms with Crippen LogP contribution in [-0.2, 0) is 9.53 Å². The summed E-state index contributed by atoms with van der Waals surface area (Å²) in [4.78, 5) is 11.8. The van der Waals surface area contributed by atoms with E-state index in [1.807, 2.05) is 31.2 Å². The van der Waals surface area contributed by atoms with Crippen molar-refractivity contribution in [2.24, 2.45) is 11.7 Å². The highest BCUT2D eigenvalue weighted by molar-refractivity contribution is 9.10. The second-order valence-corrected chi connectivity index (χ2v) is 5.68. The van der Waals surface area contributed by atoms with Gasteiger partial charge in [0, 0.05) is 22.7 Å². The van der Waals surface area contributed by atoms with Gasteiger partial charge in [-0.25, -0.2) is 0 Å². The van der Waals surface area contributed by atoms with E-state index in [-0.39, 0.29) is 11.8 Å². The van der Waals surface area contributed by atoms with Crippen molar-refractivity contribution in [3.63, 3.8) is 0 Å². The van der Waals surface area contributed by atoms with Crippen molar-refractivity contribution < 1.29 is 9.53 Å². The number of ether oxygens (including phenoxy) is 1. The van der Waals surface area contributed by atoms with Gasteiger partial charge in [0.25, 0.3) is 0 Å². The number of rotatable bonds is 4. The minimum absolute atomic E-state index is 0.106. The lowest BCUT2D eigenvalue weighted by Crippen LogP contribution is -2.53. The number of amides is 1. The zero-order valence-electron chi connectivity index (χ0n) is 10.3. The van der Waals surface area contributed by atoms with Gasteiger partial charge >= 0.3 is 0 Å². The summed E-state index contributed by atoms with van der Waals surface area (Å²) >= 11 is 3.41. The van der Waals surface area contributed by atoms with E-state index >= 15 is 0 Å². The van der Waals surface area contributed by atoms with Crippen LogP contribution in [0.5, 0.6) is 0 Å². The largest absolute Gasteiger partial charge is 0.381 e. The lowest BCUT2D eigenvalue weighted by atomic mass is 9.84. The third-order valence-corrected chi connectivity index (χ3v) is 3.98. The van der Waals surface area contributed by atoms with Gasteiger partial charge < -0.3 is 15.8 Å². The fourth-order valence-electron chi connectivity index (χ4n) is 2.22. The highest BCUT2D eigenvalue weighted by Crippen LogP contribution is 2.30. The molecule has 1 aromatic rings. The van der Waals surface area contributed by atoms with E-state index in [9.17, 15) is 4.79 Å². The molecule has 1 aromatic carbocycles. The van der Waals surface area contributed by atoms with Crippen molar-refractivity contribution in [3.8, 4) is 0 Å². The maximum Gasteiger partial charge on any atom is 0.243 e. The van der Waals surface area contributed by atoms with Crippen LogP contribution in [0.3, 0.4) is 0 Å². The fraction of sp³-hybridized carbons (Fsp3) is 0.462. The van der Waals surface area contributed by atoms with E-state index in [1.165, 1.54) is 0 Å². The zero-order valence-corrected chi connectivity index (χ0v) is 11.9. The molecule has 2 unspecified atom stereocenters. The van der Waals surface area contributed by atoms with Crippen LogP contribution in [0.25, 0.3) is 0 Å². The molecule has 2 rings (SSSR count). The summed E-state index contributed by atoms with van der Waals surface area (Å²) < 4.78 is 6.32. The third kappa shape index (κ3) is 2.67. The Morgan fingerprint density at radius 3 is 2.94 bits per heavy atom. The highest BCUT2D eigenvalue weighted by Gasteiger charge is 2.41. The number of hydrogen-bond donors (Lipinski definition) is 2. The standard InChI is InChI=1S/C13H17BrN2O2/c1-13(12(15)17,9-5-6-18-8-9)16-11-4-2-3-10(14)7-11/h2-4,7,9,16H,5-6,8H2,1H3,(H2,15,17). The number of nitrogens with two attached hydrogens (primary N) is 1. The van der Waals surface area contributed by atoms with E-state index < -0.39 is 5.54 Å². The molecular weight excluding hydrogens is 296 g/mol. The van der Waals surface area contributed by atoms with Crippen molar-refractivity contribution in [3.05, 3.63) is 28.7 Å². The molecule has 5 heteroatoms. The number of benzene rings is 1. The smallest absolute Gasteiger partial charge is 0.243 e. The van der Waals surface area contributed by atoms with Crippen molar-refractivity contribution in [2.45, 2.75) is 18.9 Å². The maximum atomic E-state index is 11.8. The van der Waals surface area contributed by atoms with E-state index in [1.54, 1.807) is 0 Å². The Morgan fingerprint density at radius 1 is 1.61 bits per heavy atom. The van der Waals surface area contributed by atoms with Crippen LogP contribution in [0.15, 0.2) is 28.7 Å². The Labute approximate surface area is 115 Å². The van der Waals surface area contributed by atoms with E-state index in [0.717, 1.165) is 16.6 Å². The number of primary amides is 1. The van der Waals surface area contributed by atoms with Crippen LogP contribution in [0.4, 0.5) is 5.69 Å². The molecule has 3 N–H and O–H groups in total. The summed E-state index contributed by atoms with van der Waals surface area (Å²) in [7, 11) is 0. The van der Waals surface area contributed by atoms with Crippen molar-refractivity contribution in [2.75, 3.05) is 18.5 Å². The Kier molecular flexibility index (Phi) is 3.92. The van der Waals surface area contributed by atoms with Gasteiger partial charge in [-0.1, -0.05) is 22.0 Å². The van der Waals surface area contributed by atoms with E-state index in [2.05, 4.69) is 21.2 Å². The van der Waals surface area contributed by atoms with Crippen LogP contribution in [0.1, 0.15) is 13.3 Å². The number of nitrogens with one attached hydrogen (secondary N) is 1. The summed E-state index contributed by atoms with van der Waals surface area (Å²) in [5, 5.41) is 3.25. The van der Waals surface area contributed by atoms with Crippen LogP contribution in [-0.4, -0.2) is 24.7 Å². The summed E-state index contributed by atoms with van der Waals surface area (Å²) in [6.45, 7) is 3.10. The molecule has 0 saturated carbocycles. The molecule has 98 valence electrons. The second kappa shape index (κ2) is 5.28. The predicted octanol–water partition coefficient (Wildman–Crippen LogP) is 2.14. The van der Waals surface area contributed by atoms with Gasteiger partial charge in [-0.2, -0.15) is 0 Å². The van der Waals surface area contributed by atoms with Crippen molar-refractivity contribution in [1.82, 2.24) is 0 Å². The number of anilines is 1. The molecule has 1 saturated heterocycles. The molecule has 0 bridgehead atoms. The Bertz CT molecular complexity index is 446. The molecule has 0 spiro atoms. The fourth-order valence-corrected chi connectivity index (χ4v) is 2.62. The lowest BCUT2D eigenvalue weighted by Gasteiger charge is -2.33. The van der Waals surface area contributed by atoms with Crippen molar-refractivity contribution in [1.29, 1.82) is 0 Å². The molecule has 18 heavy (non-hydrogen) atoms. The van der Waals surface area contributed by atoms with E-state index in [4.69, 9.17) is 10.5 Å². The molecule has 1 aliphatic heterocycles. The van der Waals surface area contributed by atoms with Crippen LogP contribution >= 0.6 is 15.9 Å². The minimum atomic E-state index is -0.780. The van der Waals surface area contributed by atoms with Crippen LogP contribution in [0.2, 0.25) is 0 Å². The summed E-state index contributed by atoms with van der Waals surface area (Å²) in [6.07, 6.45) is 0.848. The molecule has 1 aliphatic rings. The molecule has 0 aliphatic carbocycles. The molecule has 4 nitrogen and oxygen atoms in total. The normalized spacial score (nSPS) is 22.4. The SMILES string of the molecule is CC(Nc1cccc(Br)c1)(C(N)=O)C1CCOC1. The van der Waals surface area contributed by atoms with Gasteiger partial charge in [0.1, 0.15) is 5.54 Å². The molecule has 1 fully saturated rings. The highest BCUT2D eigenvalue weighted by atomic mass is 79.9. The third-order valence-electron chi connectivity index (χ3n) is 3.49. The Balaban J connectivity index is 2.22. The topological polar surface area (TPSA) is 64.3 Å². The first-order valence-electron chi connectivity index (χ1n) is 5.94. The first-order valence-corrected chi connectivity index (χ1v) is 6.73. The number of halogens is 1. The monoisotopic (exact) mass is 312 g/mol. The van der Waals surface area contributed by atoms with Gasteiger partial charge in [-0.05, 0) is 31.5 Å². The van der Waals surface area contributed by atoms with Gasteiger partial charge in [0.05, 0.1) is 6.61 Å². The summed E-state index contributed by atoms with van der Waals surface area (Å²) in [5.41, 5.74) is 5.66. The average Bonchev–Trinajstić information content (AvgIpc) is 2.82. The van der Waals surface area contributed by atoms with Gasteiger partial charge in [0.15, 0.2) is 0 Å². The first kappa shape index (κ1) is 13.4. The maximum absolute atomic E-state index is 11.8. The number of carbonyl (C=O) groups is 1. The average molecular weight is 313 g/mol. The van der Waals surface area contributed by atoms with Crippen LogP contribution < -0.4 is 11.1 Å². The molecular formula is C13H17BrN2O2. The summed E-state index contributed by atoms with van der Waals surface area (Å²) in [6, 6.07) is 7.70. The first-order chi connectivity index (χ1) is 8.52. The molecule has 0 aromatic heterocycles. The molecule has 0 radical (unpaired) electrons. The second-order valence-electron chi connectivity index (χ2n) is 4.76. The lowest BCUT2D eigenvalue weighted by molar-refractivity contribution is -0.123. The molecule has 1 heterocycles.